The van der Waals surface area contributed by atoms with Gasteiger partial charge in [0.1, 0.15) is 11.5 Å². The number of carboxylic acids is 1. The van der Waals surface area contributed by atoms with Gasteiger partial charge in [0.05, 0.1) is 21.2 Å². The molecule has 0 unspecified atom stereocenters. The molecule has 5 nitrogen and oxygen atoms in total. The third-order valence-electron chi connectivity index (χ3n) is 4.26. The second-order valence-electron chi connectivity index (χ2n) is 6.20. The first kappa shape index (κ1) is 20.9. The molecule has 1 amide bonds. The number of carbonyl (C=O) groups is 2. The van der Waals surface area contributed by atoms with E-state index in [-0.39, 0.29) is 16.5 Å². The first-order valence-electron chi connectivity index (χ1n) is 8.50. The molecule has 2 heterocycles. The quantitative estimate of drug-likeness (QED) is 0.314. The molecular weight excluding hydrogens is 510 g/mol. The van der Waals surface area contributed by atoms with Gasteiger partial charge < -0.3 is 9.52 Å². The van der Waals surface area contributed by atoms with Gasteiger partial charge in [0.25, 0.3) is 5.91 Å². The highest BCUT2D eigenvalue weighted by Gasteiger charge is 2.33. The maximum Gasteiger partial charge on any atom is 0.337 e. The SMILES string of the molecule is O=C(O)c1cc(-c2ccc(/C=C3/SC(=S)N(c4ccc(Br)cc4)C3=O)o2)ccc1Cl. The third kappa shape index (κ3) is 4.09. The van der Waals surface area contributed by atoms with Crippen molar-refractivity contribution in [2.75, 3.05) is 4.90 Å². The van der Waals surface area contributed by atoms with Crippen LogP contribution in [0.3, 0.4) is 0 Å². The molecule has 0 atom stereocenters. The van der Waals surface area contributed by atoms with Crippen molar-refractivity contribution in [2.24, 2.45) is 0 Å². The van der Waals surface area contributed by atoms with Gasteiger partial charge in [0, 0.05) is 16.1 Å². The summed E-state index contributed by atoms with van der Waals surface area (Å²) >= 11 is 15.9. The minimum atomic E-state index is -1.12. The van der Waals surface area contributed by atoms with Crippen LogP contribution in [-0.2, 0) is 4.79 Å². The molecule has 1 aromatic heterocycles. The number of nitrogens with zero attached hydrogens (tertiary/aromatic N) is 1. The summed E-state index contributed by atoms with van der Waals surface area (Å²) in [6, 6.07) is 15.3. The Morgan fingerprint density at radius 2 is 1.90 bits per heavy atom. The van der Waals surface area contributed by atoms with Crippen molar-refractivity contribution in [3.05, 3.63) is 80.3 Å². The summed E-state index contributed by atoms with van der Waals surface area (Å²) in [6.45, 7) is 0. The molecule has 0 radical (unpaired) electrons. The summed E-state index contributed by atoms with van der Waals surface area (Å²) in [5.74, 6) is -0.438. The van der Waals surface area contributed by atoms with Crippen LogP contribution in [0.15, 0.2) is 68.4 Å². The normalized spacial score (nSPS) is 15.3. The van der Waals surface area contributed by atoms with E-state index >= 15 is 0 Å². The molecule has 1 aliphatic heterocycles. The Labute approximate surface area is 194 Å². The molecule has 9 heteroatoms. The van der Waals surface area contributed by atoms with Crippen LogP contribution >= 0.6 is 51.5 Å². The number of thioether (sulfide) groups is 1. The van der Waals surface area contributed by atoms with E-state index in [1.807, 2.05) is 24.3 Å². The van der Waals surface area contributed by atoms with Crippen LogP contribution in [0.1, 0.15) is 16.1 Å². The number of aromatic carboxylic acids is 1. The fourth-order valence-electron chi connectivity index (χ4n) is 2.84. The third-order valence-corrected chi connectivity index (χ3v) is 6.42. The van der Waals surface area contributed by atoms with Crippen LogP contribution in [0.4, 0.5) is 5.69 Å². The lowest BCUT2D eigenvalue weighted by atomic mass is 10.1. The van der Waals surface area contributed by atoms with E-state index in [1.54, 1.807) is 24.3 Å². The van der Waals surface area contributed by atoms with Crippen molar-refractivity contribution in [1.29, 1.82) is 0 Å². The van der Waals surface area contributed by atoms with Gasteiger partial charge in [-0.25, -0.2) is 4.79 Å². The number of carbonyl (C=O) groups excluding carboxylic acids is 1. The molecule has 3 aromatic rings. The summed E-state index contributed by atoms with van der Waals surface area (Å²) in [5.41, 5.74) is 1.24. The highest BCUT2D eigenvalue weighted by molar-refractivity contribution is 9.10. The van der Waals surface area contributed by atoms with Crippen molar-refractivity contribution in [1.82, 2.24) is 0 Å². The van der Waals surface area contributed by atoms with Crippen molar-refractivity contribution in [2.45, 2.75) is 0 Å². The maximum atomic E-state index is 12.9. The Bertz CT molecular complexity index is 1220. The summed E-state index contributed by atoms with van der Waals surface area (Å²) in [5, 5.41) is 9.38. The summed E-state index contributed by atoms with van der Waals surface area (Å²) in [7, 11) is 0. The summed E-state index contributed by atoms with van der Waals surface area (Å²) in [6.07, 6.45) is 1.62. The van der Waals surface area contributed by atoms with Crippen molar-refractivity contribution < 1.29 is 19.1 Å². The summed E-state index contributed by atoms with van der Waals surface area (Å²) < 4.78 is 7.14. The van der Waals surface area contributed by atoms with Gasteiger partial charge in [0.2, 0.25) is 0 Å². The zero-order valence-corrected chi connectivity index (χ0v) is 18.9. The molecule has 1 aliphatic rings. The molecule has 150 valence electrons. The number of amides is 1. The molecule has 0 saturated carbocycles. The first-order chi connectivity index (χ1) is 14.3. The van der Waals surface area contributed by atoms with Crippen molar-refractivity contribution >= 4 is 79.5 Å². The van der Waals surface area contributed by atoms with E-state index in [9.17, 15) is 14.7 Å². The van der Waals surface area contributed by atoms with Gasteiger partial charge in [-0.15, -0.1) is 0 Å². The maximum absolute atomic E-state index is 12.9. The van der Waals surface area contributed by atoms with Gasteiger partial charge >= 0.3 is 5.97 Å². The number of rotatable bonds is 4. The lowest BCUT2D eigenvalue weighted by molar-refractivity contribution is -0.113. The minimum Gasteiger partial charge on any atom is -0.478 e. The van der Waals surface area contributed by atoms with Crippen LogP contribution in [0.25, 0.3) is 17.4 Å². The number of halogens is 2. The second kappa shape index (κ2) is 8.39. The van der Waals surface area contributed by atoms with E-state index in [4.69, 9.17) is 28.2 Å². The number of anilines is 1. The molecule has 1 saturated heterocycles. The van der Waals surface area contributed by atoms with Gasteiger partial charge in [-0.2, -0.15) is 0 Å². The van der Waals surface area contributed by atoms with Crippen LogP contribution in [0, 0.1) is 0 Å². The standard InChI is InChI=1S/C21H11BrClNO4S2/c22-12-2-4-13(5-3-12)24-19(25)18(30-21(24)29)10-14-6-8-17(28-14)11-1-7-16(23)15(9-11)20(26)27/h1-10H,(H,26,27)/b18-10+. The number of benzene rings is 2. The predicted molar refractivity (Wildman–Crippen MR) is 126 cm³/mol. The molecule has 0 bridgehead atoms. The smallest absolute Gasteiger partial charge is 0.337 e. The fourth-order valence-corrected chi connectivity index (χ4v) is 4.58. The monoisotopic (exact) mass is 519 g/mol. The fraction of sp³-hybridized carbons (Fsp3) is 0. The average molecular weight is 521 g/mol. The lowest BCUT2D eigenvalue weighted by Crippen LogP contribution is -2.27. The second-order valence-corrected chi connectivity index (χ2v) is 9.19. The largest absolute Gasteiger partial charge is 0.478 e. The number of carboxylic acid groups (broad SMARTS) is 1. The Kier molecular flexibility index (Phi) is 5.84. The topological polar surface area (TPSA) is 70.8 Å². The van der Waals surface area contributed by atoms with Gasteiger partial charge in [-0.05, 0) is 54.6 Å². The Balaban J connectivity index is 1.61. The van der Waals surface area contributed by atoms with Crippen LogP contribution in [0.2, 0.25) is 5.02 Å². The molecular formula is C21H11BrClNO4S2. The summed E-state index contributed by atoms with van der Waals surface area (Å²) in [4.78, 5) is 26.1. The van der Waals surface area contributed by atoms with Crippen molar-refractivity contribution in [3.8, 4) is 11.3 Å². The molecule has 30 heavy (non-hydrogen) atoms. The highest BCUT2D eigenvalue weighted by atomic mass is 79.9. The molecule has 1 N–H and O–H groups in total. The number of thiocarbonyl (C=S) groups is 1. The molecule has 2 aromatic carbocycles. The van der Waals surface area contributed by atoms with Crippen LogP contribution in [0.5, 0.6) is 0 Å². The van der Waals surface area contributed by atoms with E-state index in [1.165, 1.54) is 28.8 Å². The number of furan rings is 1. The highest BCUT2D eigenvalue weighted by Crippen LogP contribution is 2.37. The van der Waals surface area contributed by atoms with E-state index in [0.29, 0.717) is 32.0 Å². The zero-order chi connectivity index (χ0) is 21.4. The van der Waals surface area contributed by atoms with Gasteiger partial charge in [-0.1, -0.05) is 51.5 Å². The molecule has 4 rings (SSSR count). The molecule has 0 spiro atoms. The minimum absolute atomic E-state index is 0.0116. The number of hydrogen-bond acceptors (Lipinski definition) is 5. The van der Waals surface area contributed by atoms with Crippen LogP contribution in [-0.4, -0.2) is 21.3 Å². The predicted octanol–water partition coefficient (Wildman–Crippen LogP) is 6.47. The van der Waals surface area contributed by atoms with E-state index in [0.717, 1.165) is 4.47 Å². The van der Waals surface area contributed by atoms with Crippen molar-refractivity contribution in [3.63, 3.8) is 0 Å². The average Bonchev–Trinajstić information content (AvgIpc) is 3.28. The van der Waals surface area contributed by atoms with Gasteiger partial charge in [0.15, 0.2) is 4.32 Å². The molecule has 1 fully saturated rings. The Hall–Kier alpha value is -2.39. The Morgan fingerprint density at radius 1 is 1.17 bits per heavy atom. The van der Waals surface area contributed by atoms with Gasteiger partial charge in [-0.3, -0.25) is 9.69 Å². The Morgan fingerprint density at radius 3 is 2.60 bits per heavy atom. The first-order valence-corrected chi connectivity index (χ1v) is 10.9. The van der Waals surface area contributed by atoms with E-state index < -0.39 is 5.97 Å². The molecule has 0 aliphatic carbocycles. The van der Waals surface area contributed by atoms with E-state index in [2.05, 4.69) is 15.9 Å². The number of hydrogen-bond donors (Lipinski definition) is 1. The zero-order valence-electron chi connectivity index (χ0n) is 15.0. The van der Waals surface area contributed by atoms with Crippen LogP contribution < -0.4 is 4.90 Å². The lowest BCUT2D eigenvalue weighted by Gasteiger charge is -2.14.